The highest BCUT2D eigenvalue weighted by Gasteiger charge is 2.48. The van der Waals surface area contributed by atoms with E-state index in [2.05, 4.69) is 24.1 Å². The van der Waals surface area contributed by atoms with Crippen LogP contribution in [0.1, 0.15) is 82.6 Å². The minimum Gasteiger partial charge on any atom is -0.463 e. The Hall–Kier alpha value is -2.54. The molecule has 0 aromatic carbocycles. The number of amides is 2. The zero-order valence-corrected chi connectivity index (χ0v) is 21.7. The summed E-state index contributed by atoms with van der Waals surface area (Å²) in [6.07, 6.45) is 10.6. The summed E-state index contributed by atoms with van der Waals surface area (Å²) in [5, 5.41) is 3.37. The van der Waals surface area contributed by atoms with Gasteiger partial charge in [0.25, 0.3) is 5.91 Å². The van der Waals surface area contributed by atoms with Crippen molar-refractivity contribution in [2.24, 2.45) is 0 Å². The van der Waals surface area contributed by atoms with Crippen molar-refractivity contribution in [3.8, 4) is 11.5 Å². The lowest BCUT2D eigenvalue weighted by Crippen LogP contribution is -2.65. The summed E-state index contributed by atoms with van der Waals surface area (Å²) in [5.74, 6) is 0.592. The number of rotatable bonds is 9. The topological polar surface area (TPSA) is 70.7 Å². The van der Waals surface area contributed by atoms with Crippen molar-refractivity contribution in [1.29, 1.82) is 0 Å². The van der Waals surface area contributed by atoms with E-state index in [0.717, 1.165) is 57.4 Å². The van der Waals surface area contributed by atoms with E-state index in [1.54, 1.807) is 6.26 Å². The Morgan fingerprint density at radius 1 is 1.09 bits per heavy atom. The molecule has 0 radical (unpaired) electrons. The first kappa shape index (κ1) is 25.5. The van der Waals surface area contributed by atoms with E-state index in [1.165, 1.54) is 19.3 Å². The number of nitrogens with one attached hydrogen (secondary N) is 1. The minimum atomic E-state index is -0.962. The fourth-order valence-corrected chi connectivity index (χ4v) is 5.70. The lowest BCUT2D eigenvalue weighted by atomic mass is 9.92. The Labute approximate surface area is 209 Å². The SMILES string of the molecule is CCN(CC)CCCN1C(=O)c2ccc(-c3ccco3)n2C[C@]1(C)C(=O)NC1CCCCCCC1. The van der Waals surface area contributed by atoms with E-state index in [1.807, 2.05) is 40.7 Å². The predicted octanol–water partition coefficient (Wildman–Crippen LogP) is 4.92. The van der Waals surface area contributed by atoms with Gasteiger partial charge in [-0.15, -0.1) is 0 Å². The van der Waals surface area contributed by atoms with Gasteiger partial charge in [0, 0.05) is 12.6 Å². The van der Waals surface area contributed by atoms with Gasteiger partial charge in [-0.1, -0.05) is 46.0 Å². The maximum Gasteiger partial charge on any atom is 0.271 e. The normalized spacial score (nSPS) is 21.6. The van der Waals surface area contributed by atoms with Crippen LogP contribution in [0.5, 0.6) is 0 Å². The first-order chi connectivity index (χ1) is 17.0. The molecule has 0 spiro atoms. The Balaban J connectivity index is 1.60. The second kappa shape index (κ2) is 11.5. The summed E-state index contributed by atoms with van der Waals surface area (Å²) in [7, 11) is 0. The van der Waals surface area contributed by atoms with Crippen molar-refractivity contribution >= 4 is 11.8 Å². The smallest absolute Gasteiger partial charge is 0.271 e. The molecule has 7 nitrogen and oxygen atoms in total. The van der Waals surface area contributed by atoms with Crippen molar-refractivity contribution in [3.63, 3.8) is 0 Å². The van der Waals surface area contributed by atoms with E-state index in [0.29, 0.717) is 24.5 Å². The quantitative estimate of drug-likeness (QED) is 0.551. The average molecular weight is 483 g/mol. The standard InChI is InChI=1S/C28H42N4O3/c1-4-30(5-2)18-12-19-32-26(33)24-17-16-23(25-15-11-20-35-25)31(24)21-28(32,3)27(34)29-22-13-9-7-6-8-10-14-22/h11,15-17,20,22H,4-10,12-14,18-19,21H2,1-3H3,(H,29,34)/t28-/m1/s1. The Kier molecular flexibility index (Phi) is 8.37. The van der Waals surface area contributed by atoms with Crippen LogP contribution >= 0.6 is 0 Å². The van der Waals surface area contributed by atoms with Crippen LogP contribution in [0, 0.1) is 0 Å². The molecule has 0 bridgehead atoms. The fraction of sp³-hybridized carbons (Fsp3) is 0.643. The van der Waals surface area contributed by atoms with Gasteiger partial charge >= 0.3 is 0 Å². The van der Waals surface area contributed by atoms with Crippen LogP contribution in [-0.2, 0) is 11.3 Å². The van der Waals surface area contributed by atoms with Gasteiger partial charge in [-0.3, -0.25) is 9.59 Å². The van der Waals surface area contributed by atoms with Crippen molar-refractivity contribution in [3.05, 3.63) is 36.2 Å². The molecule has 2 aromatic heterocycles. The molecule has 4 rings (SSSR count). The summed E-state index contributed by atoms with van der Waals surface area (Å²) < 4.78 is 7.62. The number of aromatic nitrogens is 1. The molecule has 0 unspecified atom stereocenters. The lowest BCUT2D eigenvalue weighted by molar-refractivity contribution is -0.133. The van der Waals surface area contributed by atoms with Crippen molar-refractivity contribution in [2.75, 3.05) is 26.2 Å². The van der Waals surface area contributed by atoms with E-state index in [9.17, 15) is 9.59 Å². The van der Waals surface area contributed by atoms with Crippen LogP contribution in [0.3, 0.4) is 0 Å². The zero-order chi connectivity index (χ0) is 24.8. The molecule has 1 aliphatic carbocycles. The number of hydrogen-bond acceptors (Lipinski definition) is 4. The fourth-order valence-electron chi connectivity index (χ4n) is 5.70. The van der Waals surface area contributed by atoms with Crippen LogP contribution in [0.2, 0.25) is 0 Å². The third-order valence-corrected chi connectivity index (χ3v) is 7.96. The molecule has 1 fully saturated rings. The van der Waals surface area contributed by atoms with Gasteiger partial charge in [-0.2, -0.15) is 0 Å². The Bertz CT molecular complexity index is 970. The predicted molar refractivity (Wildman–Crippen MR) is 138 cm³/mol. The van der Waals surface area contributed by atoms with Crippen molar-refractivity contribution < 1.29 is 14.0 Å². The molecule has 2 aromatic rings. The van der Waals surface area contributed by atoms with Crippen LogP contribution in [-0.4, -0.2) is 63.9 Å². The van der Waals surface area contributed by atoms with Crippen LogP contribution < -0.4 is 5.32 Å². The second-order valence-electron chi connectivity index (χ2n) is 10.3. The molecule has 2 aliphatic rings. The molecule has 1 aliphatic heterocycles. The third kappa shape index (κ3) is 5.50. The monoisotopic (exact) mass is 482 g/mol. The van der Waals surface area contributed by atoms with Crippen molar-refractivity contribution in [1.82, 2.24) is 19.7 Å². The molecular weight excluding hydrogens is 440 g/mol. The van der Waals surface area contributed by atoms with Gasteiger partial charge in [0.2, 0.25) is 5.91 Å². The molecule has 192 valence electrons. The molecule has 1 saturated carbocycles. The van der Waals surface area contributed by atoms with Crippen LogP contribution in [0.15, 0.2) is 34.9 Å². The van der Waals surface area contributed by atoms with Gasteiger partial charge in [0.05, 0.1) is 18.5 Å². The number of carbonyl (C=O) groups excluding carboxylic acids is 2. The van der Waals surface area contributed by atoms with E-state index >= 15 is 0 Å². The number of fused-ring (bicyclic) bond motifs is 1. The lowest BCUT2D eigenvalue weighted by Gasteiger charge is -2.45. The molecule has 35 heavy (non-hydrogen) atoms. The minimum absolute atomic E-state index is 0.0380. The number of hydrogen-bond donors (Lipinski definition) is 1. The highest BCUT2D eigenvalue weighted by atomic mass is 16.3. The van der Waals surface area contributed by atoms with Crippen LogP contribution in [0.25, 0.3) is 11.5 Å². The Morgan fingerprint density at radius 3 is 2.43 bits per heavy atom. The highest BCUT2D eigenvalue weighted by Crippen LogP contribution is 2.34. The van der Waals surface area contributed by atoms with Crippen molar-refractivity contribution in [2.45, 2.75) is 90.3 Å². The zero-order valence-electron chi connectivity index (χ0n) is 21.7. The summed E-state index contributed by atoms with van der Waals surface area (Å²) in [6, 6.07) is 7.72. The molecule has 1 N–H and O–H groups in total. The maximum atomic E-state index is 13.9. The Morgan fingerprint density at radius 2 is 1.77 bits per heavy atom. The van der Waals surface area contributed by atoms with Gasteiger partial charge < -0.3 is 24.1 Å². The first-order valence-electron chi connectivity index (χ1n) is 13.6. The summed E-state index contributed by atoms with van der Waals surface area (Å²) >= 11 is 0. The largest absolute Gasteiger partial charge is 0.463 e. The van der Waals surface area contributed by atoms with Gasteiger partial charge in [-0.05, 0) is 70.1 Å². The highest BCUT2D eigenvalue weighted by molar-refractivity contribution is 6.00. The summed E-state index contributed by atoms with van der Waals surface area (Å²) in [5.41, 5.74) is 0.498. The molecule has 1 atom stereocenters. The summed E-state index contributed by atoms with van der Waals surface area (Å²) in [4.78, 5) is 31.9. The van der Waals surface area contributed by atoms with Crippen LogP contribution in [0.4, 0.5) is 0 Å². The van der Waals surface area contributed by atoms with Gasteiger partial charge in [0.15, 0.2) is 0 Å². The van der Waals surface area contributed by atoms with Gasteiger partial charge in [-0.25, -0.2) is 0 Å². The molecule has 3 heterocycles. The number of carbonyl (C=O) groups is 2. The van der Waals surface area contributed by atoms with E-state index < -0.39 is 5.54 Å². The molecule has 2 amide bonds. The average Bonchev–Trinajstić information content (AvgIpc) is 3.50. The first-order valence-corrected chi connectivity index (χ1v) is 13.6. The number of furan rings is 1. The molecule has 0 saturated heterocycles. The van der Waals surface area contributed by atoms with E-state index in [-0.39, 0.29) is 17.9 Å². The van der Waals surface area contributed by atoms with Gasteiger partial charge in [0.1, 0.15) is 17.0 Å². The third-order valence-electron chi connectivity index (χ3n) is 7.96. The molecular formula is C28H42N4O3. The van der Waals surface area contributed by atoms with E-state index in [4.69, 9.17) is 4.42 Å². The summed E-state index contributed by atoms with van der Waals surface area (Å²) in [6.45, 7) is 10.1. The number of nitrogens with zero attached hydrogens (tertiary/aromatic N) is 3. The molecule has 7 heteroatoms. The maximum absolute atomic E-state index is 13.9. The second-order valence-corrected chi connectivity index (χ2v) is 10.3.